The molecule has 2 N–H and O–H groups in total. The normalized spacial score (nSPS) is 13.5. The Morgan fingerprint density at radius 2 is 2.22 bits per heavy atom. The first kappa shape index (κ1) is 14.7. The number of nitrogens with one attached hydrogen (secondary N) is 1. The van der Waals surface area contributed by atoms with E-state index in [4.69, 9.17) is 5.11 Å². The molecule has 102 valence electrons. The highest BCUT2D eigenvalue weighted by molar-refractivity contribution is 7.89. The highest BCUT2D eigenvalue weighted by Crippen LogP contribution is 2.10. The maximum atomic E-state index is 11.9. The van der Waals surface area contributed by atoms with E-state index in [2.05, 4.69) is 9.71 Å². The van der Waals surface area contributed by atoms with Gasteiger partial charge in [0, 0.05) is 12.7 Å². The first-order valence-corrected chi connectivity index (χ1v) is 7.05. The molecule has 8 heteroatoms. The summed E-state index contributed by atoms with van der Waals surface area (Å²) in [5.74, 6) is -0.650. The highest BCUT2D eigenvalue weighted by Gasteiger charge is 2.24. The van der Waals surface area contributed by atoms with Crippen LogP contribution in [0.15, 0.2) is 11.2 Å². The van der Waals surface area contributed by atoms with Crippen LogP contribution in [-0.4, -0.2) is 35.1 Å². The molecule has 0 saturated carbocycles. The zero-order valence-electron chi connectivity index (χ0n) is 10.5. The fourth-order valence-electron chi connectivity index (χ4n) is 1.42. The number of aromatic nitrogens is 2. The van der Waals surface area contributed by atoms with Crippen LogP contribution in [0.2, 0.25) is 0 Å². The van der Waals surface area contributed by atoms with Crippen molar-refractivity contribution >= 4 is 16.0 Å². The van der Waals surface area contributed by atoms with E-state index in [1.807, 2.05) is 6.92 Å². The van der Waals surface area contributed by atoms with Crippen LogP contribution >= 0.6 is 0 Å². The van der Waals surface area contributed by atoms with Crippen molar-refractivity contribution in [2.24, 2.45) is 0 Å². The monoisotopic (exact) mass is 275 g/mol. The van der Waals surface area contributed by atoms with E-state index in [1.54, 1.807) is 11.5 Å². The summed E-state index contributed by atoms with van der Waals surface area (Å²) in [6.07, 6.45) is 2.27. The number of carbonyl (C=O) groups is 1. The first-order chi connectivity index (χ1) is 8.27. The topological polar surface area (TPSA) is 101 Å². The molecule has 0 aliphatic carbocycles. The van der Waals surface area contributed by atoms with Crippen molar-refractivity contribution < 1.29 is 18.3 Å². The van der Waals surface area contributed by atoms with Crippen LogP contribution in [0.1, 0.15) is 26.1 Å². The fourth-order valence-corrected chi connectivity index (χ4v) is 2.62. The number of sulfonamides is 1. The van der Waals surface area contributed by atoms with Gasteiger partial charge < -0.3 is 9.67 Å². The minimum absolute atomic E-state index is 0.151. The molecular weight excluding hydrogens is 258 g/mol. The van der Waals surface area contributed by atoms with Crippen molar-refractivity contribution in [2.75, 3.05) is 0 Å². The third kappa shape index (κ3) is 3.30. The molecule has 0 fully saturated rings. The van der Waals surface area contributed by atoms with Crippen molar-refractivity contribution in [1.29, 1.82) is 0 Å². The van der Waals surface area contributed by atoms with Crippen molar-refractivity contribution in [3.05, 3.63) is 12.0 Å². The van der Waals surface area contributed by atoms with E-state index in [0.717, 1.165) is 6.42 Å². The molecule has 0 aliphatic rings. The van der Waals surface area contributed by atoms with Gasteiger partial charge >= 0.3 is 5.97 Å². The molecule has 1 aromatic rings. The summed E-state index contributed by atoms with van der Waals surface area (Å²) >= 11 is 0. The molecular formula is C10H17N3O4S. The van der Waals surface area contributed by atoms with E-state index in [0.29, 0.717) is 12.4 Å². The Bertz CT molecular complexity index is 535. The van der Waals surface area contributed by atoms with Crippen LogP contribution in [0.5, 0.6) is 0 Å². The lowest BCUT2D eigenvalue weighted by Gasteiger charge is -2.07. The van der Waals surface area contributed by atoms with Gasteiger partial charge in [0.1, 0.15) is 11.9 Å². The minimum Gasteiger partial charge on any atom is -0.480 e. The van der Waals surface area contributed by atoms with Gasteiger partial charge in [-0.1, -0.05) is 6.92 Å². The molecule has 0 aromatic carbocycles. The number of nitrogens with zero attached hydrogens (tertiary/aromatic N) is 2. The van der Waals surface area contributed by atoms with Gasteiger partial charge in [0.2, 0.25) is 0 Å². The molecule has 1 rings (SSSR count). The summed E-state index contributed by atoms with van der Waals surface area (Å²) in [7, 11) is -3.89. The van der Waals surface area contributed by atoms with Crippen LogP contribution in [0.3, 0.4) is 0 Å². The average Bonchev–Trinajstić information content (AvgIpc) is 2.61. The molecule has 0 spiro atoms. The Morgan fingerprint density at radius 1 is 1.61 bits per heavy atom. The summed E-state index contributed by atoms with van der Waals surface area (Å²) in [6, 6.07) is -1.19. The number of imidazole rings is 1. The quantitative estimate of drug-likeness (QED) is 0.780. The van der Waals surface area contributed by atoms with E-state index < -0.39 is 22.0 Å². The molecule has 0 aliphatic heterocycles. The molecule has 0 saturated heterocycles. The van der Waals surface area contributed by atoms with E-state index in [9.17, 15) is 13.2 Å². The Morgan fingerprint density at radius 3 is 2.72 bits per heavy atom. The largest absolute Gasteiger partial charge is 0.480 e. The smallest absolute Gasteiger partial charge is 0.321 e. The number of hydrogen-bond donors (Lipinski definition) is 2. The van der Waals surface area contributed by atoms with Crippen LogP contribution in [0.4, 0.5) is 0 Å². The van der Waals surface area contributed by atoms with Gasteiger partial charge in [-0.3, -0.25) is 4.79 Å². The zero-order chi connectivity index (χ0) is 13.9. The van der Waals surface area contributed by atoms with E-state index in [-0.39, 0.29) is 5.03 Å². The number of carboxylic acid groups (broad SMARTS) is 1. The minimum atomic E-state index is -3.89. The molecule has 1 heterocycles. The number of aryl methyl sites for hydroxylation is 2. The van der Waals surface area contributed by atoms with Crippen LogP contribution in [0.25, 0.3) is 0 Å². The third-order valence-corrected chi connectivity index (χ3v) is 3.81. The Kier molecular flexibility index (Phi) is 4.47. The molecule has 1 atom stereocenters. The molecule has 1 aromatic heterocycles. The van der Waals surface area contributed by atoms with Gasteiger partial charge in [-0.05, 0) is 20.3 Å². The predicted octanol–water partition coefficient (Wildman–Crippen LogP) is 0.353. The lowest BCUT2D eigenvalue weighted by molar-refractivity contribution is -0.138. The van der Waals surface area contributed by atoms with Crippen LogP contribution in [-0.2, 0) is 21.4 Å². The van der Waals surface area contributed by atoms with Gasteiger partial charge in [-0.2, -0.15) is 4.72 Å². The molecule has 18 heavy (non-hydrogen) atoms. The fraction of sp³-hybridized carbons (Fsp3) is 0.600. The second kappa shape index (κ2) is 5.49. The molecule has 1 unspecified atom stereocenters. The number of hydrogen-bond acceptors (Lipinski definition) is 4. The Hall–Kier alpha value is -1.41. The molecule has 0 bridgehead atoms. The van der Waals surface area contributed by atoms with Crippen molar-refractivity contribution in [1.82, 2.24) is 14.3 Å². The number of rotatable bonds is 6. The lowest BCUT2D eigenvalue weighted by Crippen LogP contribution is -2.38. The second-order valence-electron chi connectivity index (χ2n) is 4.00. The van der Waals surface area contributed by atoms with Gasteiger partial charge in [0.25, 0.3) is 10.0 Å². The zero-order valence-corrected chi connectivity index (χ0v) is 11.4. The Labute approximate surface area is 106 Å². The van der Waals surface area contributed by atoms with Crippen LogP contribution < -0.4 is 4.72 Å². The average molecular weight is 275 g/mol. The second-order valence-corrected chi connectivity index (χ2v) is 5.66. The SMILES string of the molecule is CCCn1cc(S(=O)(=O)NC(C)C(=O)O)nc1C. The predicted molar refractivity (Wildman–Crippen MR) is 64.7 cm³/mol. The summed E-state index contributed by atoms with van der Waals surface area (Å²) in [5, 5.41) is 8.53. The van der Waals surface area contributed by atoms with Gasteiger partial charge in [0.15, 0.2) is 5.03 Å². The third-order valence-electron chi connectivity index (χ3n) is 2.40. The van der Waals surface area contributed by atoms with Gasteiger partial charge in [-0.15, -0.1) is 0 Å². The van der Waals surface area contributed by atoms with E-state index >= 15 is 0 Å². The van der Waals surface area contributed by atoms with Crippen molar-refractivity contribution in [3.8, 4) is 0 Å². The summed E-state index contributed by atoms with van der Waals surface area (Å²) in [6.45, 7) is 5.60. The van der Waals surface area contributed by atoms with Crippen molar-refractivity contribution in [2.45, 2.75) is 44.8 Å². The van der Waals surface area contributed by atoms with Crippen molar-refractivity contribution in [3.63, 3.8) is 0 Å². The number of aliphatic carboxylic acids is 1. The summed E-state index contributed by atoms with van der Waals surface area (Å²) in [5.41, 5.74) is 0. The number of carboxylic acids is 1. The van der Waals surface area contributed by atoms with Crippen LogP contribution in [0, 0.1) is 6.92 Å². The Balaban J connectivity index is 2.98. The van der Waals surface area contributed by atoms with Gasteiger partial charge in [-0.25, -0.2) is 13.4 Å². The first-order valence-electron chi connectivity index (χ1n) is 5.57. The molecule has 0 radical (unpaired) electrons. The maximum Gasteiger partial charge on any atom is 0.321 e. The summed E-state index contributed by atoms with van der Waals surface area (Å²) in [4.78, 5) is 14.6. The maximum absolute atomic E-state index is 11.9. The molecule has 0 amide bonds. The summed E-state index contributed by atoms with van der Waals surface area (Å²) < 4.78 is 27.5. The standard InChI is InChI=1S/C10H17N3O4S/c1-4-5-13-6-9(11-8(13)3)18(16,17)12-7(2)10(14)15/h6-7,12H,4-5H2,1-3H3,(H,14,15). The van der Waals surface area contributed by atoms with E-state index in [1.165, 1.54) is 13.1 Å². The van der Waals surface area contributed by atoms with Gasteiger partial charge in [0.05, 0.1) is 0 Å². The lowest BCUT2D eigenvalue weighted by atomic mass is 10.4. The highest BCUT2D eigenvalue weighted by atomic mass is 32.2. The molecule has 7 nitrogen and oxygen atoms in total.